The second-order valence-electron chi connectivity index (χ2n) is 6.30. The minimum Gasteiger partial charge on any atom is -0.497 e. The van der Waals surface area contributed by atoms with E-state index in [-0.39, 0.29) is 0 Å². The quantitative estimate of drug-likeness (QED) is 0.502. The van der Waals surface area contributed by atoms with Gasteiger partial charge in [0, 0.05) is 24.4 Å². The lowest BCUT2D eigenvalue weighted by Crippen LogP contribution is -2.16. The first-order valence-electron chi connectivity index (χ1n) is 9.27. The van der Waals surface area contributed by atoms with Gasteiger partial charge in [-0.1, -0.05) is 6.07 Å². The van der Waals surface area contributed by atoms with Crippen LogP contribution in [0.2, 0.25) is 0 Å². The number of rotatable bonds is 10. The zero-order chi connectivity index (χ0) is 20.6. The number of thiazole rings is 1. The van der Waals surface area contributed by atoms with Gasteiger partial charge in [-0.25, -0.2) is 4.98 Å². The van der Waals surface area contributed by atoms with Gasteiger partial charge in [0.1, 0.15) is 16.5 Å². The number of methoxy groups -OCH3 is 4. The Morgan fingerprint density at radius 1 is 0.862 bits per heavy atom. The van der Waals surface area contributed by atoms with E-state index in [1.165, 1.54) is 5.56 Å². The van der Waals surface area contributed by atoms with Crippen molar-refractivity contribution in [2.24, 2.45) is 0 Å². The monoisotopic (exact) mass is 414 g/mol. The van der Waals surface area contributed by atoms with Crippen molar-refractivity contribution in [1.82, 2.24) is 10.3 Å². The first-order valence-corrected chi connectivity index (χ1v) is 10.1. The topological polar surface area (TPSA) is 61.8 Å². The molecule has 0 aliphatic carbocycles. The summed E-state index contributed by atoms with van der Waals surface area (Å²) in [5, 5.41) is 4.49. The molecule has 0 amide bonds. The maximum absolute atomic E-state index is 5.50. The lowest BCUT2D eigenvalue weighted by molar-refractivity contribution is 0.354. The highest BCUT2D eigenvalue weighted by atomic mass is 32.1. The summed E-state index contributed by atoms with van der Waals surface area (Å²) in [4.78, 5) is 5.61. The number of ether oxygens (including phenoxy) is 4. The van der Waals surface area contributed by atoms with Crippen molar-refractivity contribution < 1.29 is 18.9 Å². The van der Waals surface area contributed by atoms with E-state index in [0.717, 1.165) is 58.0 Å². The van der Waals surface area contributed by atoms with Crippen molar-refractivity contribution >= 4 is 11.3 Å². The van der Waals surface area contributed by atoms with Gasteiger partial charge in [0.25, 0.3) is 0 Å². The van der Waals surface area contributed by atoms with Crippen LogP contribution in [0.5, 0.6) is 23.0 Å². The summed E-state index contributed by atoms with van der Waals surface area (Å²) in [6.07, 6.45) is 2.78. The Morgan fingerprint density at radius 3 is 2.38 bits per heavy atom. The Bertz CT molecular complexity index is 942. The molecular formula is C22H26N2O4S. The molecule has 0 fully saturated rings. The fourth-order valence-electron chi connectivity index (χ4n) is 2.98. The molecule has 0 unspecified atom stereocenters. The molecule has 0 saturated carbocycles. The molecule has 0 aliphatic rings. The molecule has 0 spiro atoms. The van der Waals surface area contributed by atoms with E-state index < -0.39 is 0 Å². The average Bonchev–Trinajstić information content (AvgIpc) is 3.24. The molecule has 1 N–H and O–H groups in total. The third-order valence-corrected chi connectivity index (χ3v) is 5.57. The summed E-state index contributed by atoms with van der Waals surface area (Å²) in [7, 11) is 6.60. The van der Waals surface area contributed by atoms with Crippen LogP contribution in [0, 0.1) is 0 Å². The van der Waals surface area contributed by atoms with Crippen LogP contribution in [-0.2, 0) is 13.0 Å². The second kappa shape index (κ2) is 10.1. The minimum atomic E-state index is 0.719. The predicted octanol–water partition coefficient (Wildman–Crippen LogP) is 4.18. The summed E-state index contributed by atoms with van der Waals surface area (Å²) in [6, 6.07) is 11.8. The maximum atomic E-state index is 5.50. The van der Waals surface area contributed by atoms with Gasteiger partial charge >= 0.3 is 0 Å². The normalized spacial score (nSPS) is 10.6. The van der Waals surface area contributed by atoms with Crippen molar-refractivity contribution in [1.29, 1.82) is 0 Å². The van der Waals surface area contributed by atoms with Crippen molar-refractivity contribution in [2.45, 2.75) is 13.0 Å². The highest BCUT2D eigenvalue weighted by Crippen LogP contribution is 2.36. The maximum Gasteiger partial charge on any atom is 0.160 e. The lowest BCUT2D eigenvalue weighted by atomic mass is 10.1. The number of benzene rings is 2. The summed E-state index contributed by atoms with van der Waals surface area (Å²) < 4.78 is 21.4. The van der Waals surface area contributed by atoms with E-state index in [1.54, 1.807) is 39.8 Å². The third kappa shape index (κ3) is 5.19. The molecular weight excluding hydrogens is 388 g/mol. The van der Waals surface area contributed by atoms with Crippen LogP contribution < -0.4 is 24.3 Å². The molecule has 0 bridgehead atoms. The summed E-state index contributed by atoms with van der Waals surface area (Å²) in [5.41, 5.74) is 2.21. The van der Waals surface area contributed by atoms with Gasteiger partial charge in [0.05, 0.1) is 33.3 Å². The van der Waals surface area contributed by atoms with Gasteiger partial charge in [-0.15, -0.1) is 11.3 Å². The Morgan fingerprint density at radius 2 is 1.66 bits per heavy atom. The number of nitrogens with one attached hydrogen (secondary N) is 1. The Hall–Kier alpha value is -2.77. The summed E-state index contributed by atoms with van der Waals surface area (Å²) in [6.45, 7) is 1.56. The van der Waals surface area contributed by atoms with Crippen molar-refractivity contribution in [3.8, 4) is 33.4 Å². The fraction of sp³-hybridized carbons (Fsp3) is 0.318. The molecule has 0 atom stereocenters. The van der Waals surface area contributed by atoms with Crippen molar-refractivity contribution in [2.75, 3.05) is 35.0 Å². The zero-order valence-corrected chi connectivity index (χ0v) is 18.0. The van der Waals surface area contributed by atoms with Crippen LogP contribution in [-0.4, -0.2) is 40.0 Å². The van der Waals surface area contributed by atoms with Crippen LogP contribution in [0.3, 0.4) is 0 Å². The standard InChI is InChI=1S/C22H26N2O4S/c1-25-16-6-7-17(19(12-16)27-3)21-13-24-22(29-21)14-23-10-9-15-5-8-18(26-2)20(11-15)28-4/h5-8,11-13,23H,9-10,14H2,1-4H3. The smallest absolute Gasteiger partial charge is 0.160 e. The fourth-order valence-corrected chi connectivity index (χ4v) is 3.90. The number of aromatic nitrogens is 1. The molecule has 2 aromatic carbocycles. The summed E-state index contributed by atoms with van der Waals surface area (Å²) >= 11 is 1.66. The minimum absolute atomic E-state index is 0.719. The molecule has 0 aliphatic heterocycles. The average molecular weight is 415 g/mol. The van der Waals surface area contributed by atoms with E-state index in [0.29, 0.717) is 0 Å². The second-order valence-corrected chi connectivity index (χ2v) is 7.42. The van der Waals surface area contributed by atoms with E-state index >= 15 is 0 Å². The molecule has 3 aromatic rings. The molecule has 154 valence electrons. The first kappa shape index (κ1) is 21.0. The van der Waals surface area contributed by atoms with Gasteiger partial charge in [-0.05, 0) is 42.8 Å². The van der Waals surface area contributed by atoms with Gasteiger partial charge < -0.3 is 24.3 Å². The largest absolute Gasteiger partial charge is 0.497 e. The Kier molecular flexibility index (Phi) is 7.32. The lowest BCUT2D eigenvalue weighted by Gasteiger charge is -2.09. The van der Waals surface area contributed by atoms with Crippen LogP contribution in [0.15, 0.2) is 42.6 Å². The Balaban J connectivity index is 1.56. The van der Waals surface area contributed by atoms with Crippen molar-refractivity contribution in [3.05, 3.63) is 53.2 Å². The van der Waals surface area contributed by atoms with Gasteiger partial charge in [-0.3, -0.25) is 0 Å². The van der Waals surface area contributed by atoms with E-state index in [2.05, 4.69) is 16.4 Å². The highest BCUT2D eigenvalue weighted by Gasteiger charge is 2.11. The van der Waals surface area contributed by atoms with Crippen molar-refractivity contribution in [3.63, 3.8) is 0 Å². The van der Waals surface area contributed by atoms with Crippen LogP contribution in [0.25, 0.3) is 10.4 Å². The zero-order valence-electron chi connectivity index (χ0n) is 17.2. The van der Waals surface area contributed by atoms with E-state index in [1.807, 2.05) is 36.5 Å². The third-order valence-electron chi connectivity index (χ3n) is 4.54. The van der Waals surface area contributed by atoms with Crippen LogP contribution >= 0.6 is 11.3 Å². The molecule has 1 aromatic heterocycles. The van der Waals surface area contributed by atoms with E-state index in [4.69, 9.17) is 18.9 Å². The number of nitrogens with zero attached hydrogens (tertiary/aromatic N) is 1. The molecule has 29 heavy (non-hydrogen) atoms. The molecule has 3 rings (SSSR count). The first-order chi connectivity index (χ1) is 14.2. The predicted molar refractivity (Wildman–Crippen MR) is 116 cm³/mol. The van der Waals surface area contributed by atoms with Gasteiger partial charge in [-0.2, -0.15) is 0 Å². The highest BCUT2D eigenvalue weighted by molar-refractivity contribution is 7.15. The molecule has 0 saturated heterocycles. The van der Waals surface area contributed by atoms with Crippen LogP contribution in [0.4, 0.5) is 0 Å². The SMILES string of the molecule is COc1ccc(-c2cnc(CNCCc3ccc(OC)c(OC)c3)s2)c(OC)c1. The summed E-state index contributed by atoms with van der Waals surface area (Å²) in [5.74, 6) is 3.05. The van der Waals surface area contributed by atoms with Gasteiger partial charge in [0.15, 0.2) is 11.5 Å². The molecule has 1 heterocycles. The van der Waals surface area contributed by atoms with Gasteiger partial charge in [0.2, 0.25) is 0 Å². The number of hydrogen-bond donors (Lipinski definition) is 1. The number of hydrogen-bond acceptors (Lipinski definition) is 7. The molecule has 6 nitrogen and oxygen atoms in total. The molecule has 0 radical (unpaired) electrons. The molecule has 7 heteroatoms. The van der Waals surface area contributed by atoms with Crippen LogP contribution in [0.1, 0.15) is 10.6 Å². The Labute approximate surface area is 175 Å². The van der Waals surface area contributed by atoms with E-state index in [9.17, 15) is 0 Å².